The molecule has 1 rings (SSSR count). The summed E-state index contributed by atoms with van der Waals surface area (Å²) >= 11 is 0. The summed E-state index contributed by atoms with van der Waals surface area (Å²) in [7, 11) is 0. The van der Waals surface area contributed by atoms with E-state index in [2.05, 4.69) is 5.32 Å². The second-order valence-corrected chi connectivity index (χ2v) is 4.68. The third-order valence-electron chi connectivity index (χ3n) is 3.44. The number of aliphatic carboxylic acids is 1. The largest absolute Gasteiger partial charge is 0.481 e. The summed E-state index contributed by atoms with van der Waals surface area (Å²) in [6.45, 7) is 3.42. The molecule has 0 bridgehead atoms. The van der Waals surface area contributed by atoms with E-state index in [1.54, 1.807) is 0 Å². The number of carbonyl (C=O) groups is 2. The van der Waals surface area contributed by atoms with Gasteiger partial charge in [0.1, 0.15) is 0 Å². The predicted octanol–water partition coefficient (Wildman–Crippen LogP) is 2.10. The SMILES string of the molecule is CC/C=C/C(NC(C)=O)C1(C(=O)O)CCCC1. The molecular weight excluding hydrogens is 218 g/mol. The fourth-order valence-corrected chi connectivity index (χ4v) is 2.53. The van der Waals surface area contributed by atoms with Gasteiger partial charge in [-0.25, -0.2) is 0 Å². The molecule has 1 atom stereocenters. The van der Waals surface area contributed by atoms with E-state index >= 15 is 0 Å². The molecule has 1 aliphatic rings. The summed E-state index contributed by atoms with van der Waals surface area (Å²) in [4.78, 5) is 22.7. The van der Waals surface area contributed by atoms with E-state index < -0.39 is 11.4 Å². The molecule has 96 valence electrons. The van der Waals surface area contributed by atoms with Crippen molar-refractivity contribution >= 4 is 11.9 Å². The molecule has 0 aromatic rings. The lowest BCUT2D eigenvalue weighted by molar-refractivity contribution is -0.150. The Labute approximate surface area is 102 Å². The van der Waals surface area contributed by atoms with Crippen LogP contribution in [0.4, 0.5) is 0 Å². The van der Waals surface area contributed by atoms with Crippen LogP contribution in [-0.2, 0) is 9.59 Å². The van der Waals surface area contributed by atoms with Crippen LogP contribution in [0.5, 0.6) is 0 Å². The Morgan fingerprint density at radius 1 is 1.41 bits per heavy atom. The van der Waals surface area contributed by atoms with Gasteiger partial charge in [0.25, 0.3) is 0 Å². The summed E-state index contributed by atoms with van der Waals surface area (Å²) in [5.74, 6) is -0.974. The summed E-state index contributed by atoms with van der Waals surface area (Å²) < 4.78 is 0. The van der Waals surface area contributed by atoms with Gasteiger partial charge in [-0.15, -0.1) is 0 Å². The van der Waals surface area contributed by atoms with Gasteiger partial charge in [-0.1, -0.05) is 31.9 Å². The molecule has 1 saturated carbocycles. The van der Waals surface area contributed by atoms with E-state index in [4.69, 9.17) is 0 Å². The summed E-state index contributed by atoms with van der Waals surface area (Å²) in [5.41, 5.74) is -0.808. The van der Waals surface area contributed by atoms with E-state index in [0.29, 0.717) is 12.8 Å². The van der Waals surface area contributed by atoms with Gasteiger partial charge in [0.15, 0.2) is 0 Å². The molecule has 0 aromatic heterocycles. The molecule has 0 aliphatic heterocycles. The van der Waals surface area contributed by atoms with Gasteiger partial charge in [-0.2, -0.15) is 0 Å². The highest BCUT2D eigenvalue weighted by molar-refractivity contribution is 5.79. The van der Waals surface area contributed by atoms with E-state index in [-0.39, 0.29) is 11.9 Å². The Morgan fingerprint density at radius 3 is 2.41 bits per heavy atom. The standard InChI is InChI=1S/C13H21NO3/c1-3-4-7-11(14-10(2)15)13(12(16)17)8-5-6-9-13/h4,7,11H,3,5-6,8-9H2,1-2H3,(H,14,15)(H,16,17)/b7-4+. The number of hydrogen-bond acceptors (Lipinski definition) is 2. The minimum atomic E-state index is -0.808. The Balaban J connectivity index is 2.95. The van der Waals surface area contributed by atoms with Crippen LogP contribution in [0.1, 0.15) is 46.0 Å². The van der Waals surface area contributed by atoms with Crippen molar-refractivity contribution in [1.82, 2.24) is 5.32 Å². The lowest BCUT2D eigenvalue weighted by Gasteiger charge is -2.32. The zero-order valence-corrected chi connectivity index (χ0v) is 10.5. The third kappa shape index (κ3) is 3.08. The molecule has 17 heavy (non-hydrogen) atoms. The smallest absolute Gasteiger partial charge is 0.312 e. The molecule has 0 aromatic carbocycles. The van der Waals surface area contributed by atoms with E-state index in [1.165, 1.54) is 6.92 Å². The minimum absolute atomic E-state index is 0.178. The Bertz CT molecular complexity index is 317. The average molecular weight is 239 g/mol. The van der Waals surface area contributed by atoms with E-state index in [9.17, 15) is 14.7 Å². The van der Waals surface area contributed by atoms with Crippen LogP contribution >= 0.6 is 0 Å². The van der Waals surface area contributed by atoms with Gasteiger partial charge in [-0.05, 0) is 19.3 Å². The first-order valence-corrected chi connectivity index (χ1v) is 6.20. The zero-order chi connectivity index (χ0) is 12.9. The van der Waals surface area contributed by atoms with Crippen molar-refractivity contribution in [2.45, 2.75) is 52.0 Å². The van der Waals surface area contributed by atoms with Gasteiger partial charge in [0.2, 0.25) is 5.91 Å². The second-order valence-electron chi connectivity index (χ2n) is 4.68. The summed E-state index contributed by atoms with van der Waals surface area (Å²) in [5, 5.41) is 12.2. The molecule has 1 aliphatic carbocycles. The van der Waals surface area contributed by atoms with Crippen molar-refractivity contribution in [1.29, 1.82) is 0 Å². The van der Waals surface area contributed by atoms with Gasteiger partial charge >= 0.3 is 5.97 Å². The molecule has 1 amide bonds. The van der Waals surface area contributed by atoms with Crippen LogP contribution in [-0.4, -0.2) is 23.0 Å². The predicted molar refractivity (Wildman–Crippen MR) is 65.6 cm³/mol. The maximum absolute atomic E-state index is 11.5. The fourth-order valence-electron chi connectivity index (χ4n) is 2.53. The Hall–Kier alpha value is -1.32. The quantitative estimate of drug-likeness (QED) is 0.722. The zero-order valence-electron chi connectivity index (χ0n) is 10.5. The highest BCUT2D eigenvalue weighted by atomic mass is 16.4. The number of hydrogen-bond donors (Lipinski definition) is 2. The summed E-state index contributed by atoms with van der Waals surface area (Å²) in [6.07, 6.45) is 7.71. The van der Waals surface area contributed by atoms with Crippen LogP contribution < -0.4 is 5.32 Å². The number of carboxylic acid groups (broad SMARTS) is 1. The van der Waals surface area contributed by atoms with E-state index in [1.807, 2.05) is 19.1 Å². The molecular formula is C13H21NO3. The lowest BCUT2D eigenvalue weighted by atomic mass is 9.78. The van der Waals surface area contributed by atoms with Gasteiger partial charge in [0.05, 0.1) is 11.5 Å². The first-order valence-electron chi connectivity index (χ1n) is 6.20. The second kappa shape index (κ2) is 5.84. The first kappa shape index (κ1) is 13.7. The molecule has 2 N–H and O–H groups in total. The van der Waals surface area contributed by atoms with Crippen LogP contribution in [0.2, 0.25) is 0 Å². The molecule has 4 heteroatoms. The minimum Gasteiger partial charge on any atom is -0.481 e. The lowest BCUT2D eigenvalue weighted by Crippen LogP contribution is -2.49. The molecule has 0 spiro atoms. The molecule has 0 saturated heterocycles. The van der Waals surface area contributed by atoms with Crippen LogP contribution in [0.25, 0.3) is 0 Å². The topological polar surface area (TPSA) is 66.4 Å². The highest BCUT2D eigenvalue weighted by Gasteiger charge is 2.47. The average Bonchev–Trinajstić information content (AvgIpc) is 2.73. The number of carbonyl (C=O) groups excluding carboxylic acids is 1. The Kier molecular flexibility index (Phi) is 4.73. The van der Waals surface area contributed by atoms with Crippen molar-refractivity contribution in [3.8, 4) is 0 Å². The van der Waals surface area contributed by atoms with Crippen molar-refractivity contribution in [3.63, 3.8) is 0 Å². The normalized spacial score (nSPS) is 20.4. The van der Waals surface area contributed by atoms with Crippen LogP contribution in [0.15, 0.2) is 12.2 Å². The van der Waals surface area contributed by atoms with Gasteiger partial charge in [0, 0.05) is 6.92 Å². The van der Waals surface area contributed by atoms with Crippen molar-refractivity contribution in [3.05, 3.63) is 12.2 Å². The number of allylic oxidation sites excluding steroid dienone is 1. The molecule has 1 unspecified atom stereocenters. The number of rotatable bonds is 5. The summed E-state index contributed by atoms with van der Waals surface area (Å²) in [6, 6.07) is -0.389. The number of nitrogens with one attached hydrogen (secondary N) is 1. The maximum Gasteiger partial charge on any atom is 0.312 e. The number of amides is 1. The van der Waals surface area contributed by atoms with Gasteiger partial charge in [-0.3, -0.25) is 9.59 Å². The number of carboxylic acids is 1. The molecule has 4 nitrogen and oxygen atoms in total. The fraction of sp³-hybridized carbons (Fsp3) is 0.692. The van der Waals surface area contributed by atoms with Crippen LogP contribution in [0.3, 0.4) is 0 Å². The molecule has 0 heterocycles. The Morgan fingerprint density at radius 2 is 2.00 bits per heavy atom. The monoisotopic (exact) mass is 239 g/mol. The molecule has 1 fully saturated rings. The van der Waals surface area contributed by atoms with Crippen molar-refractivity contribution in [2.24, 2.45) is 5.41 Å². The first-order chi connectivity index (χ1) is 8.03. The molecule has 0 radical (unpaired) electrons. The van der Waals surface area contributed by atoms with Gasteiger partial charge < -0.3 is 10.4 Å². The van der Waals surface area contributed by atoms with Crippen molar-refractivity contribution < 1.29 is 14.7 Å². The van der Waals surface area contributed by atoms with Crippen LogP contribution in [0, 0.1) is 5.41 Å². The maximum atomic E-state index is 11.5. The van der Waals surface area contributed by atoms with E-state index in [0.717, 1.165) is 19.3 Å². The third-order valence-corrected chi connectivity index (χ3v) is 3.44. The highest BCUT2D eigenvalue weighted by Crippen LogP contribution is 2.42. The van der Waals surface area contributed by atoms with Crippen molar-refractivity contribution in [2.75, 3.05) is 0 Å².